The Morgan fingerprint density at radius 1 is 1.26 bits per heavy atom. The number of amides is 1. The van der Waals surface area contributed by atoms with E-state index in [1.54, 1.807) is 0 Å². The quantitative estimate of drug-likeness (QED) is 0.812. The van der Waals surface area contributed by atoms with Crippen LogP contribution in [-0.2, 0) is 4.79 Å². The molecule has 1 aromatic rings. The summed E-state index contributed by atoms with van der Waals surface area (Å²) in [5.41, 5.74) is 7.15. The van der Waals surface area contributed by atoms with E-state index < -0.39 is 0 Å². The topological polar surface area (TPSA) is 55.1 Å². The van der Waals surface area contributed by atoms with Crippen LogP contribution in [0.5, 0.6) is 0 Å². The van der Waals surface area contributed by atoms with Gasteiger partial charge >= 0.3 is 0 Å². The highest BCUT2D eigenvalue weighted by molar-refractivity contribution is 7.80. The van der Waals surface area contributed by atoms with Crippen LogP contribution < -0.4 is 11.1 Å². The monoisotopic (exact) mass is 276 g/mol. The average Bonchev–Trinajstić information content (AvgIpc) is 2.90. The Morgan fingerprint density at radius 3 is 2.47 bits per heavy atom. The number of nitrogens with one attached hydrogen (secondary N) is 1. The number of anilines is 1. The van der Waals surface area contributed by atoms with E-state index in [1.807, 2.05) is 24.3 Å². The minimum Gasteiger partial charge on any atom is -0.389 e. The van der Waals surface area contributed by atoms with Crippen LogP contribution in [0, 0.1) is 5.92 Å². The maximum absolute atomic E-state index is 11.8. The number of thiocarbonyl (C=S) groups is 1. The minimum absolute atomic E-state index is 0.0926. The number of carbonyl (C=O) groups is 1. The first-order valence-corrected chi connectivity index (χ1v) is 7.25. The maximum Gasteiger partial charge on any atom is 0.224 e. The van der Waals surface area contributed by atoms with Crippen LogP contribution >= 0.6 is 12.2 Å². The van der Waals surface area contributed by atoms with Gasteiger partial charge in [0.05, 0.1) is 0 Å². The number of nitrogens with two attached hydrogens (primary N) is 1. The standard InChI is InChI=1S/C15H20N2OS/c16-15(19)12-6-8-13(9-7-12)17-14(18)10-5-11-3-1-2-4-11/h6-9,11H,1-5,10H2,(H2,16,19)(H,17,18). The van der Waals surface area contributed by atoms with E-state index in [9.17, 15) is 4.79 Å². The third kappa shape index (κ3) is 4.31. The van der Waals surface area contributed by atoms with Crippen LogP contribution in [0.4, 0.5) is 5.69 Å². The lowest BCUT2D eigenvalue weighted by Crippen LogP contribution is -2.13. The Labute approximate surface area is 119 Å². The second-order valence-electron chi connectivity index (χ2n) is 5.18. The summed E-state index contributed by atoms with van der Waals surface area (Å²) < 4.78 is 0. The molecule has 4 heteroatoms. The zero-order chi connectivity index (χ0) is 13.7. The second kappa shape index (κ2) is 6.66. The van der Waals surface area contributed by atoms with Gasteiger partial charge in [0, 0.05) is 17.7 Å². The molecule has 1 saturated carbocycles. The molecule has 0 bridgehead atoms. The van der Waals surface area contributed by atoms with Crippen LogP contribution in [0.15, 0.2) is 24.3 Å². The minimum atomic E-state index is 0.0926. The lowest BCUT2D eigenvalue weighted by atomic mass is 10.0. The highest BCUT2D eigenvalue weighted by atomic mass is 32.1. The van der Waals surface area contributed by atoms with E-state index in [4.69, 9.17) is 18.0 Å². The summed E-state index contributed by atoms with van der Waals surface area (Å²) in [7, 11) is 0. The van der Waals surface area contributed by atoms with E-state index >= 15 is 0 Å². The fraction of sp³-hybridized carbons (Fsp3) is 0.467. The first-order chi connectivity index (χ1) is 9.15. The van der Waals surface area contributed by atoms with Gasteiger partial charge in [-0.2, -0.15) is 0 Å². The van der Waals surface area contributed by atoms with Crippen molar-refractivity contribution in [2.75, 3.05) is 5.32 Å². The molecule has 1 aliphatic carbocycles. The smallest absolute Gasteiger partial charge is 0.224 e. The van der Waals surface area contributed by atoms with E-state index in [2.05, 4.69) is 5.32 Å². The van der Waals surface area contributed by atoms with E-state index in [1.165, 1.54) is 25.7 Å². The van der Waals surface area contributed by atoms with Gasteiger partial charge in [-0.25, -0.2) is 0 Å². The molecule has 1 aromatic carbocycles. The molecule has 0 saturated heterocycles. The summed E-state index contributed by atoms with van der Waals surface area (Å²) in [5, 5.41) is 2.91. The Hall–Kier alpha value is -1.42. The zero-order valence-electron chi connectivity index (χ0n) is 11.0. The van der Waals surface area contributed by atoms with Gasteiger partial charge in [0.25, 0.3) is 0 Å². The van der Waals surface area contributed by atoms with Crippen molar-refractivity contribution < 1.29 is 4.79 Å². The molecule has 2 rings (SSSR count). The van der Waals surface area contributed by atoms with Gasteiger partial charge in [-0.3, -0.25) is 4.79 Å². The molecule has 1 amide bonds. The molecular weight excluding hydrogens is 256 g/mol. The number of hydrogen-bond donors (Lipinski definition) is 2. The van der Waals surface area contributed by atoms with Crippen LogP contribution in [0.2, 0.25) is 0 Å². The lowest BCUT2D eigenvalue weighted by Gasteiger charge is -2.09. The predicted octanol–water partition coefficient (Wildman–Crippen LogP) is 3.23. The Bertz CT molecular complexity index is 450. The summed E-state index contributed by atoms with van der Waals surface area (Å²) in [6, 6.07) is 7.33. The van der Waals surface area contributed by atoms with Crippen LogP contribution in [-0.4, -0.2) is 10.9 Å². The van der Waals surface area contributed by atoms with Crippen molar-refractivity contribution in [1.29, 1.82) is 0 Å². The summed E-state index contributed by atoms with van der Waals surface area (Å²) in [5.74, 6) is 0.845. The normalized spacial score (nSPS) is 15.4. The fourth-order valence-corrected chi connectivity index (χ4v) is 2.71. The van der Waals surface area contributed by atoms with Gasteiger partial charge in [-0.1, -0.05) is 37.9 Å². The molecule has 3 nitrogen and oxygen atoms in total. The maximum atomic E-state index is 11.8. The molecule has 1 aliphatic rings. The second-order valence-corrected chi connectivity index (χ2v) is 5.62. The van der Waals surface area contributed by atoms with Crippen molar-refractivity contribution in [2.24, 2.45) is 11.7 Å². The van der Waals surface area contributed by atoms with E-state index in [0.29, 0.717) is 11.4 Å². The molecule has 0 heterocycles. The van der Waals surface area contributed by atoms with Gasteiger partial charge in [0.15, 0.2) is 0 Å². The largest absolute Gasteiger partial charge is 0.389 e. The molecule has 0 spiro atoms. The first kappa shape index (κ1) is 14.0. The van der Waals surface area contributed by atoms with E-state index in [0.717, 1.165) is 23.6 Å². The van der Waals surface area contributed by atoms with Crippen molar-refractivity contribution >= 4 is 28.8 Å². The van der Waals surface area contributed by atoms with Crippen molar-refractivity contribution in [3.8, 4) is 0 Å². The number of carbonyl (C=O) groups excluding carboxylic acids is 1. The van der Waals surface area contributed by atoms with Gasteiger partial charge in [0.2, 0.25) is 5.91 Å². The van der Waals surface area contributed by atoms with E-state index in [-0.39, 0.29) is 5.91 Å². The number of rotatable bonds is 5. The zero-order valence-corrected chi connectivity index (χ0v) is 11.8. The summed E-state index contributed by atoms with van der Waals surface area (Å²) in [4.78, 5) is 12.2. The third-order valence-electron chi connectivity index (χ3n) is 3.71. The molecule has 0 aliphatic heterocycles. The van der Waals surface area contributed by atoms with Gasteiger partial charge in [0.1, 0.15) is 4.99 Å². The van der Waals surface area contributed by atoms with Gasteiger partial charge in [-0.15, -0.1) is 0 Å². The molecular formula is C15H20N2OS. The first-order valence-electron chi connectivity index (χ1n) is 6.85. The van der Waals surface area contributed by atoms with Crippen molar-refractivity contribution in [2.45, 2.75) is 38.5 Å². The lowest BCUT2D eigenvalue weighted by molar-refractivity contribution is -0.116. The summed E-state index contributed by atoms with van der Waals surface area (Å²) in [6.45, 7) is 0. The molecule has 0 radical (unpaired) electrons. The van der Waals surface area contributed by atoms with Crippen LogP contribution in [0.3, 0.4) is 0 Å². The van der Waals surface area contributed by atoms with Crippen molar-refractivity contribution in [1.82, 2.24) is 0 Å². The fourth-order valence-electron chi connectivity index (χ4n) is 2.58. The average molecular weight is 276 g/mol. The number of benzene rings is 1. The highest BCUT2D eigenvalue weighted by Crippen LogP contribution is 2.28. The Morgan fingerprint density at radius 2 is 1.89 bits per heavy atom. The van der Waals surface area contributed by atoms with Gasteiger partial charge < -0.3 is 11.1 Å². The van der Waals surface area contributed by atoms with Crippen LogP contribution in [0.1, 0.15) is 44.1 Å². The summed E-state index contributed by atoms with van der Waals surface area (Å²) >= 11 is 4.89. The molecule has 3 N–H and O–H groups in total. The molecule has 19 heavy (non-hydrogen) atoms. The summed E-state index contributed by atoms with van der Waals surface area (Å²) in [6.07, 6.45) is 6.85. The molecule has 0 atom stereocenters. The Kier molecular flexibility index (Phi) is 4.91. The highest BCUT2D eigenvalue weighted by Gasteiger charge is 2.16. The van der Waals surface area contributed by atoms with Gasteiger partial charge in [-0.05, 0) is 36.6 Å². The third-order valence-corrected chi connectivity index (χ3v) is 3.94. The number of hydrogen-bond acceptors (Lipinski definition) is 2. The van der Waals surface area contributed by atoms with Crippen molar-refractivity contribution in [3.63, 3.8) is 0 Å². The molecule has 0 aromatic heterocycles. The van der Waals surface area contributed by atoms with Crippen LogP contribution in [0.25, 0.3) is 0 Å². The predicted molar refractivity (Wildman–Crippen MR) is 82.2 cm³/mol. The Balaban J connectivity index is 1.79. The van der Waals surface area contributed by atoms with Crippen molar-refractivity contribution in [3.05, 3.63) is 29.8 Å². The molecule has 0 unspecified atom stereocenters. The molecule has 102 valence electrons. The molecule has 1 fully saturated rings. The SMILES string of the molecule is NC(=S)c1ccc(NC(=O)CCC2CCCC2)cc1.